The summed E-state index contributed by atoms with van der Waals surface area (Å²) in [4.78, 5) is 30.1. The topological polar surface area (TPSA) is 104 Å². The Bertz CT molecular complexity index is 973. The second-order valence-corrected chi connectivity index (χ2v) is 7.20. The van der Waals surface area contributed by atoms with Crippen LogP contribution in [0.15, 0.2) is 39.1 Å². The predicted octanol–water partition coefficient (Wildman–Crippen LogP) is 3.04. The Kier molecular flexibility index (Phi) is 5.58. The van der Waals surface area contributed by atoms with Crippen LogP contribution >= 0.6 is 0 Å². The van der Waals surface area contributed by atoms with Gasteiger partial charge in [0.05, 0.1) is 19.3 Å². The van der Waals surface area contributed by atoms with E-state index in [2.05, 4.69) is 15.3 Å². The van der Waals surface area contributed by atoms with Crippen LogP contribution in [0.3, 0.4) is 0 Å². The monoisotopic (exact) mass is 385 g/mol. The Balaban J connectivity index is 2.18. The van der Waals surface area contributed by atoms with Gasteiger partial charge in [0.25, 0.3) is 0 Å². The Morgan fingerprint density at radius 1 is 1.21 bits per heavy atom. The highest BCUT2D eigenvalue weighted by Crippen LogP contribution is 2.42. The molecule has 0 amide bonds. The summed E-state index contributed by atoms with van der Waals surface area (Å²) in [5.74, 6) is -2.26. The van der Waals surface area contributed by atoms with Crippen molar-refractivity contribution < 1.29 is 23.7 Å². The molecule has 2 unspecified atom stereocenters. The first kappa shape index (κ1) is 19.7. The van der Waals surface area contributed by atoms with Gasteiger partial charge in [0.15, 0.2) is 0 Å². The largest absolute Gasteiger partial charge is 0.468 e. The number of hydrogen-bond acceptors (Lipinski definition) is 8. The van der Waals surface area contributed by atoms with Gasteiger partial charge in [0, 0.05) is 17.3 Å². The summed E-state index contributed by atoms with van der Waals surface area (Å²) >= 11 is 0. The van der Waals surface area contributed by atoms with Crippen molar-refractivity contribution in [1.29, 1.82) is 0 Å². The normalized spacial score (nSPS) is 19.7. The van der Waals surface area contributed by atoms with Crippen molar-refractivity contribution in [2.24, 2.45) is 16.8 Å². The molecule has 1 aliphatic rings. The van der Waals surface area contributed by atoms with Crippen LogP contribution < -0.4 is 0 Å². The Hall–Kier alpha value is -3.03. The van der Waals surface area contributed by atoms with E-state index in [1.54, 1.807) is 32.0 Å². The number of methoxy groups -OCH3 is 1. The van der Waals surface area contributed by atoms with E-state index in [1.165, 1.54) is 7.11 Å². The van der Waals surface area contributed by atoms with Crippen LogP contribution in [0.5, 0.6) is 0 Å². The van der Waals surface area contributed by atoms with Gasteiger partial charge in [0.2, 0.25) is 0 Å². The summed E-state index contributed by atoms with van der Waals surface area (Å²) < 4.78 is 15.4. The standard InChI is InChI=1S/C20H23N3O5/c1-10(2)9-27-20(25)16-12(4)21-11(3)15(19(24)26-5)17(16)13-7-6-8-14-18(13)23-28-22-14/h6-8,10,15,17H,9H2,1-5H3. The van der Waals surface area contributed by atoms with Gasteiger partial charge < -0.3 is 9.47 Å². The molecular weight excluding hydrogens is 362 g/mol. The molecular formula is C20H23N3O5. The number of aliphatic imine (C=N–C) groups is 1. The molecule has 1 aromatic heterocycles. The molecule has 8 heteroatoms. The summed E-state index contributed by atoms with van der Waals surface area (Å²) in [5, 5.41) is 7.85. The zero-order valence-corrected chi connectivity index (χ0v) is 16.6. The van der Waals surface area contributed by atoms with Gasteiger partial charge in [-0.2, -0.15) is 0 Å². The third-order valence-electron chi connectivity index (χ3n) is 4.70. The van der Waals surface area contributed by atoms with Gasteiger partial charge in [0.1, 0.15) is 17.0 Å². The summed E-state index contributed by atoms with van der Waals surface area (Å²) in [6.45, 7) is 7.65. The van der Waals surface area contributed by atoms with Gasteiger partial charge in [-0.05, 0) is 41.7 Å². The van der Waals surface area contributed by atoms with Gasteiger partial charge in [-0.25, -0.2) is 9.42 Å². The molecule has 1 aromatic carbocycles. The lowest BCUT2D eigenvalue weighted by atomic mass is 9.75. The van der Waals surface area contributed by atoms with Crippen molar-refractivity contribution in [3.63, 3.8) is 0 Å². The average molecular weight is 385 g/mol. The van der Waals surface area contributed by atoms with E-state index >= 15 is 0 Å². The summed E-state index contributed by atoms with van der Waals surface area (Å²) in [5.41, 5.74) is 3.04. The SMILES string of the molecule is COC(=O)C1C(C)=NC(C)=C(C(=O)OCC(C)C)C1c1cccc2nonc12. The molecule has 0 radical (unpaired) electrons. The lowest BCUT2D eigenvalue weighted by Crippen LogP contribution is -2.36. The lowest BCUT2D eigenvalue weighted by molar-refractivity contribution is -0.144. The number of benzene rings is 1. The van der Waals surface area contributed by atoms with Gasteiger partial charge in [-0.15, -0.1) is 0 Å². The van der Waals surface area contributed by atoms with Crippen LogP contribution in [0.2, 0.25) is 0 Å². The number of rotatable bonds is 5. The Morgan fingerprint density at radius 2 is 1.96 bits per heavy atom. The molecule has 2 atom stereocenters. The number of esters is 2. The fourth-order valence-corrected chi connectivity index (χ4v) is 3.47. The average Bonchev–Trinajstić information content (AvgIpc) is 3.13. The minimum Gasteiger partial charge on any atom is -0.468 e. The zero-order chi connectivity index (χ0) is 20.4. The molecule has 0 spiro atoms. The molecule has 2 aromatic rings. The van der Waals surface area contributed by atoms with E-state index in [0.29, 0.717) is 33.6 Å². The third-order valence-corrected chi connectivity index (χ3v) is 4.70. The number of ether oxygens (including phenoxy) is 2. The van der Waals surface area contributed by atoms with Crippen LogP contribution in [0.1, 0.15) is 39.2 Å². The van der Waals surface area contributed by atoms with Crippen LogP contribution in [-0.4, -0.2) is 41.7 Å². The Labute approximate surface area is 162 Å². The zero-order valence-electron chi connectivity index (χ0n) is 16.6. The first-order valence-corrected chi connectivity index (χ1v) is 9.07. The molecule has 0 saturated carbocycles. The number of hydrogen-bond donors (Lipinski definition) is 0. The Morgan fingerprint density at radius 3 is 2.64 bits per heavy atom. The van der Waals surface area contributed by atoms with E-state index in [4.69, 9.17) is 14.1 Å². The molecule has 0 N–H and O–H groups in total. The minimum atomic E-state index is -0.780. The van der Waals surface area contributed by atoms with E-state index < -0.39 is 23.8 Å². The minimum absolute atomic E-state index is 0.178. The fraction of sp³-hybridized carbons (Fsp3) is 0.450. The van der Waals surface area contributed by atoms with Crippen molar-refractivity contribution in [3.8, 4) is 0 Å². The van der Waals surface area contributed by atoms with Gasteiger partial charge >= 0.3 is 11.9 Å². The lowest BCUT2D eigenvalue weighted by Gasteiger charge is -2.31. The van der Waals surface area contributed by atoms with Crippen LogP contribution in [0.4, 0.5) is 0 Å². The first-order valence-electron chi connectivity index (χ1n) is 9.07. The molecule has 3 rings (SSSR count). The van der Waals surface area contributed by atoms with E-state index in [9.17, 15) is 9.59 Å². The molecule has 0 bridgehead atoms. The first-order chi connectivity index (χ1) is 13.3. The molecule has 8 nitrogen and oxygen atoms in total. The summed E-state index contributed by atoms with van der Waals surface area (Å²) in [6.07, 6.45) is 0. The number of carbonyl (C=O) groups excluding carboxylic acids is 2. The van der Waals surface area contributed by atoms with E-state index in [-0.39, 0.29) is 12.5 Å². The quantitative estimate of drug-likeness (QED) is 0.729. The maximum Gasteiger partial charge on any atom is 0.336 e. The van der Waals surface area contributed by atoms with Crippen molar-refractivity contribution >= 4 is 28.7 Å². The molecule has 0 aliphatic carbocycles. The number of carbonyl (C=O) groups is 2. The van der Waals surface area contributed by atoms with Crippen molar-refractivity contribution in [2.75, 3.05) is 13.7 Å². The van der Waals surface area contributed by atoms with Gasteiger partial charge in [-0.3, -0.25) is 9.79 Å². The van der Waals surface area contributed by atoms with Crippen LogP contribution in [-0.2, 0) is 19.1 Å². The van der Waals surface area contributed by atoms with Crippen molar-refractivity contribution in [2.45, 2.75) is 33.6 Å². The molecule has 0 fully saturated rings. The fourth-order valence-electron chi connectivity index (χ4n) is 3.47. The van der Waals surface area contributed by atoms with Gasteiger partial charge in [-0.1, -0.05) is 26.0 Å². The molecule has 0 saturated heterocycles. The number of allylic oxidation sites excluding steroid dienone is 1. The summed E-state index contributed by atoms with van der Waals surface area (Å²) in [7, 11) is 1.31. The molecule has 28 heavy (non-hydrogen) atoms. The van der Waals surface area contributed by atoms with Crippen molar-refractivity contribution in [3.05, 3.63) is 35.0 Å². The van der Waals surface area contributed by atoms with Crippen LogP contribution in [0, 0.1) is 11.8 Å². The molecule has 2 heterocycles. The van der Waals surface area contributed by atoms with E-state index in [1.807, 2.05) is 13.8 Å². The number of nitrogens with zero attached hydrogens (tertiary/aromatic N) is 3. The predicted molar refractivity (Wildman–Crippen MR) is 102 cm³/mol. The highest BCUT2D eigenvalue weighted by atomic mass is 16.6. The van der Waals surface area contributed by atoms with Crippen LogP contribution in [0.25, 0.3) is 11.0 Å². The smallest absolute Gasteiger partial charge is 0.336 e. The second-order valence-electron chi connectivity index (χ2n) is 7.20. The van der Waals surface area contributed by atoms with E-state index in [0.717, 1.165) is 0 Å². The molecule has 1 aliphatic heterocycles. The number of fused-ring (bicyclic) bond motifs is 1. The number of aromatic nitrogens is 2. The molecule has 148 valence electrons. The maximum absolute atomic E-state index is 13.0. The third kappa shape index (κ3) is 3.54. The summed E-state index contributed by atoms with van der Waals surface area (Å²) in [6, 6.07) is 5.33. The maximum atomic E-state index is 13.0. The highest BCUT2D eigenvalue weighted by Gasteiger charge is 2.43. The van der Waals surface area contributed by atoms with Crippen molar-refractivity contribution in [1.82, 2.24) is 10.3 Å². The second kappa shape index (κ2) is 7.92. The highest BCUT2D eigenvalue weighted by molar-refractivity contribution is 6.07.